The van der Waals surface area contributed by atoms with Crippen LogP contribution in [0.1, 0.15) is 12.0 Å². The van der Waals surface area contributed by atoms with Crippen molar-refractivity contribution in [2.45, 2.75) is 12.8 Å². The van der Waals surface area contributed by atoms with Gasteiger partial charge in [0.05, 0.1) is 13.0 Å². The smallest absolute Gasteiger partial charge is 0.240 e. The van der Waals surface area contributed by atoms with Crippen LogP contribution in [0.25, 0.3) is 0 Å². The number of benzene rings is 1. The van der Waals surface area contributed by atoms with Gasteiger partial charge in [0.1, 0.15) is 0 Å². The van der Waals surface area contributed by atoms with Crippen LogP contribution in [0.3, 0.4) is 0 Å². The quantitative estimate of drug-likeness (QED) is 0.822. The summed E-state index contributed by atoms with van der Waals surface area (Å²) in [5, 5.41) is 5.74. The van der Waals surface area contributed by atoms with Gasteiger partial charge in [0, 0.05) is 13.1 Å². The molecule has 2 amide bonds. The lowest BCUT2D eigenvalue weighted by Gasteiger charge is -2.18. The van der Waals surface area contributed by atoms with E-state index in [1.807, 2.05) is 30.3 Å². The molecule has 0 saturated carbocycles. The van der Waals surface area contributed by atoms with E-state index in [1.165, 1.54) is 0 Å². The molecule has 5 nitrogen and oxygen atoms in total. The number of carbonyl (C=O) groups excluding carboxylic acids is 2. The maximum absolute atomic E-state index is 11.8. The molecule has 0 spiro atoms. The predicted octanol–water partition coefficient (Wildman–Crippen LogP) is 0.167. The van der Waals surface area contributed by atoms with E-state index in [2.05, 4.69) is 15.5 Å². The lowest BCUT2D eigenvalue weighted by Crippen LogP contribution is -2.41. The second-order valence-electron chi connectivity index (χ2n) is 5.01. The van der Waals surface area contributed by atoms with E-state index in [0.717, 1.165) is 38.2 Å². The predicted molar refractivity (Wildman–Crippen MR) is 77.2 cm³/mol. The van der Waals surface area contributed by atoms with Crippen molar-refractivity contribution < 1.29 is 9.59 Å². The largest absolute Gasteiger partial charge is 0.315 e. The Morgan fingerprint density at radius 2 is 1.90 bits per heavy atom. The molecule has 0 aromatic heterocycles. The number of imide groups is 1. The van der Waals surface area contributed by atoms with Crippen molar-refractivity contribution >= 4 is 11.8 Å². The van der Waals surface area contributed by atoms with E-state index in [4.69, 9.17) is 0 Å². The number of rotatable bonds is 4. The van der Waals surface area contributed by atoms with Crippen LogP contribution in [-0.4, -0.2) is 49.4 Å². The van der Waals surface area contributed by atoms with E-state index in [9.17, 15) is 9.59 Å². The van der Waals surface area contributed by atoms with Crippen LogP contribution in [-0.2, 0) is 16.0 Å². The minimum absolute atomic E-state index is 0.215. The summed E-state index contributed by atoms with van der Waals surface area (Å²) in [6, 6.07) is 9.43. The van der Waals surface area contributed by atoms with Gasteiger partial charge in [0.25, 0.3) is 0 Å². The summed E-state index contributed by atoms with van der Waals surface area (Å²) in [7, 11) is 0. The molecule has 0 unspecified atom stereocenters. The molecule has 1 saturated heterocycles. The van der Waals surface area contributed by atoms with Gasteiger partial charge in [-0.1, -0.05) is 30.3 Å². The Morgan fingerprint density at radius 3 is 2.70 bits per heavy atom. The molecule has 0 bridgehead atoms. The van der Waals surface area contributed by atoms with Crippen LogP contribution in [0.5, 0.6) is 0 Å². The average molecular weight is 275 g/mol. The van der Waals surface area contributed by atoms with Gasteiger partial charge in [-0.15, -0.1) is 0 Å². The molecule has 1 fully saturated rings. The highest BCUT2D eigenvalue weighted by molar-refractivity contribution is 5.96. The normalized spacial score (nSPS) is 16.4. The summed E-state index contributed by atoms with van der Waals surface area (Å²) in [4.78, 5) is 25.7. The first-order chi connectivity index (χ1) is 9.74. The summed E-state index contributed by atoms with van der Waals surface area (Å²) < 4.78 is 0. The van der Waals surface area contributed by atoms with Crippen molar-refractivity contribution in [3.63, 3.8) is 0 Å². The molecule has 5 heteroatoms. The number of amides is 2. The maximum Gasteiger partial charge on any atom is 0.240 e. The third-order valence-electron chi connectivity index (χ3n) is 3.29. The molecule has 1 aliphatic heterocycles. The molecule has 1 aromatic rings. The Labute approximate surface area is 119 Å². The van der Waals surface area contributed by atoms with Gasteiger partial charge in [-0.2, -0.15) is 0 Å². The van der Waals surface area contributed by atoms with Gasteiger partial charge in [0.2, 0.25) is 11.8 Å². The van der Waals surface area contributed by atoms with E-state index >= 15 is 0 Å². The summed E-state index contributed by atoms with van der Waals surface area (Å²) >= 11 is 0. The SMILES string of the molecule is O=C(Cc1ccccc1)NC(=O)CN1CCCNCC1. The zero-order valence-corrected chi connectivity index (χ0v) is 11.6. The molecular weight excluding hydrogens is 254 g/mol. The molecular formula is C15H21N3O2. The number of nitrogens with zero attached hydrogens (tertiary/aromatic N) is 1. The van der Waals surface area contributed by atoms with Crippen molar-refractivity contribution in [3.05, 3.63) is 35.9 Å². The fourth-order valence-electron chi connectivity index (χ4n) is 2.28. The first-order valence-corrected chi connectivity index (χ1v) is 7.04. The van der Waals surface area contributed by atoms with Crippen LogP contribution in [0.15, 0.2) is 30.3 Å². The second-order valence-corrected chi connectivity index (χ2v) is 5.01. The number of nitrogens with one attached hydrogen (secondary N) is 2. The molecule has 20 heavy (non-hydrogen) atoms. The van der Waals surface area contributed by atoms with Gasteiger partial charge in [-0.25, -0.2) is 0 Å². The minimum atomic E-state index is -0.242. The maximum atomic E-state index is 11.8. The van der Waals surface area contributed by atoms with Crippen LogP contribution in [0.2, 0.25) is 0 Å². The minimum Gasteiger partial charge on any atom is -0.315 e. The van der Waals surface area contributed by atoms with E-state index in [0.29, 0.717) is 6.54 Å². The zero-order valence-electron chi connectivity index (χ0n) is 11.6. The Balaban J connectivity index is 1.74. The molecule has 1 aromatic carbocycles. The third kappa shape index (κ3) is 5.11. The van der Waals surface area contributed by atoms with Gasteiger partial charge < -0.3 is 5.32 Å². The van der Waals surface area contributed by atoms with Crippen LogP contribution in [0.4, 0.5) is 0 Å². The summed E-state index contributed by atoms with van der Waals surface area (Å²) in [6.07, 6.45) is 1.28. The lowest BCUT2D eigenvalue weighted by atomic mass is 10.1. The summed E-state index contributed by atoms with van der Waals surface area (Å²) in [5.74, 6) is -0.457. The molecule has 108 valence electrons. The van der Waals surface area contributed by atoms with Crippen molar-refractivity contribution in [2.24, 2.45) is 0 Å². The second kappa shape index (κ2) is 7.77. The fraction of sp³-hybridized carbons (Fsp3) is 0.467. The standard InChI is InChI=1S/C15H21N3O2/c19-14(11-13-5-2-1-3-6-13)17-15(20)12-18-9-4-7-16-8-10-18/h1-3,5-6,16H,4,7-12H2,(H,17,19,20). The third-order valence-corrected chi connectivity index (χ3v) is 3.29. The number of carbonyl (C=O) groups is 2. The van der Waals surface area contributed by atoms with Crippen molar-refractivity contribution in [3.8, 4) is 0 Å². The highest BCUT2D eigenvalue weighted by Gasteiger charge is 2.14. The van der Waals surface area contributed by atoms with Crippen LogP contribution >= 0.6 is 0 Å². The molecule has 1 aliphatic rings. The molecule has 0 aliphatic carbocycles. The number of hydrogen-bond acceptors (Lipinski definition) is 4. The summed E-state index contributed by atoms with van der Waals surface area (Å²) in [5.41, 5.74) is 0.914. The summed E-state index contributed by atoms with van der Waals surface area (Å²) in [6.45, 7) is 3.92. The lowest BCUT2D eigenvalue weighted by molar-refractivity contribution is -0.130. The Kier molecular flexibility index (Phi) is 5.70. The molecule has 0 atom stereocenters. The van der Waals surface area contributed by atoms with Crippen LogP contribution < -0.4 is 10.6 Å². The monoisotopic (exact) mass is 275 g/mol. The Hall–Kier alpha value is -1.72. The first kappa shape index (κ1) is 14.7. The Morgan fingerprint density at radius 1 is 1.10 bits per heavy atom. The first-order valence-electron chi connectivity index (χ1n) is 7.04. The number of hydrogen-bond donors (Lipinski definition) is 2. The molecule has 2 N–H and O–H groups in total. The molecule has 2 rings (SSSR count). The molecule has 1 heterocycles. The van der Waals surface area contributed by atoms with Gasteiger partial charge in [-0.3, -0.25) is 19.8 Å². The van der Waals surface area contributed by atoms with E-state index in [1.54, 1.807) is 0 Å². The van der Waals surface area contributed by atoms with Crippen molar-refractivity contribution in [2.75, 3.05) is 32.7 Å². The van der Waals surface area contributed by atoms with E-state index < -0.39 is 0 Å². The van der Waals surface area contributed by atoms with Crippen LogP contribution in [0, 0.1) is 0 Å². The Bertz CT molecular complexity index is 440. The van der Waals surface area contributed by atoms with Gasteiger partial charge >= 0.3 is 0 Å². The van der Waals surface area contributed by atoms with Crippen molar-refractivity contribution in [1.29, 1.82) is 0 Å². The average Bonchev–Trinajstić information content (AvgIpc) is 2.68. The highest BCUT2D eigenvalue weighted by Crippen LogP contribution is 1.99. The van der Waals surface area contributed by atoms with E-state index in [-0.39, 0.29) is 18.2 Å². The van der Waals surface area contributed by atoms with Gasteiger partial charge in [0.15, 0.2) is 0 Å². The highest BCUT2D eigenvalue weighted by atomic mass is 16.2. The topological polar surface area (TPSA) is 61.4 Å². The zero-order chi connectivity index (χ0) is 14.2. The fourth-order valence-corrected chi connectivity index (χ4v) is 2.28. The van der Waals surface area contributed by atoms with Crippen molar-refractivity contribution in [1.82, 2.24) is 15.5 Å². The van der Waals surface area contributed by atoms with Gasteiger partial charge in [-0.05, 0) is 25.1 Å². The molecule has 0 radical (unpaired) electrons.